The fraction of sp³-hybridized carbons (Fsp3) is 0.619. The van der Waals surface area contributed by atoms with Gasteiger partial charge >= 0.3 is 0 Å². The van der Waals surface area contributed by atoms with E-state index in [1.54, 1.807) is 6.07 Å². The molecule has 1 aromatic carbocycles. The monoisotopic (exact) mass is 378 g/mol. The Morgan fingerprint density at radius 2 is 1.93 bits per heavy atom. The van der Waals surface area contributed by atoms with E-state index in [1.165, 1.54) is 18.2 Å². The fourth-order valence-corrected chi connectivity index (χ4v) is 4.15. The quantitative estimate of drug-likeness (QED) is 0.742. The summed E-state index contributed by atoms with van der Waals surface area (Å²) in [6.07, 6.45) is 1.43. The number of alkyl halides is 2. The summed E-state index contributed by atoms with van der Waals surface area (Å²) in [5.74, 6) is -2.08. The molecule has 4 atom stereocenters. The van der Waals surface area contributed by atoms with E-state index in [0.717, 1.165) is 26.4 Å². The highest BCUT2D eigenvalue weighted by molar-refractivity contribution is 5.94. The summed E-state index contributed by atoms with van der Waals surface area (Å²) < 4.78 is 26.7. The van der Waals surface area contributed by atoms with Gasteiger partial charge in [0.25, 0.3) is 5.92 Å². The Hall–Kier alpha value is -1.82. The summed E-state index contributed by atoms with van der Waals surface area (Å²) in [7, 11) is 0. The molecule has 1 saturated carbocycles. The van der Waals surface area contributed by atoms with E-state index in [1.807, 2.05) is 0 Å². The van der Waals surface area contributed by atoms with E-state index in [0.29, 0.717) is 23.6 Å². The molecule has 1 heterocycles. The van der Waals surface area contributed by atoms with E-state index in [4.69, 9.17) is 0 Å². The van der Waals surface area contributed by atoms with Gasteiger partial charge in [-0.15, -0.1) is 0 Å². The number of piperidine rings is 1. The van der Waals surface area contributed by atoms with Crippen LogP contribution in [-0.2, 0) is 15.5 Å². The van der Waals surface area contributed by atoms with Crippen molar-refractivity contribution in [2.45, 2.75) is 52.0 Å². The molecule has 0 bridgehead atoms. The molecule has 1 aliphatic heterocycles. The summed E-state index contributed by atoms with van der Waals surface area (Å²) in [5, 5.41) is 2.62. The molecule has 1 aliphatic carbocycles. The van der Waals surface area contributed by atoms with Crippen LogP contribution in [0.2, 0.25) is 0 Å². The van der Waals surface area contributed by atoms with Gasteiger partial charge in [0.05, 0.1) is 0 Å². The van der Waals surface area contributed by atoms with Gasteiger partial charge in [-0.05, 0) is 37.3 Å². The summed E-state index contributed by atoms with van der Waals surface area (Å²) in [4.78, 5) is 26.9. The van der Waals surface area contributed by atoms with Gasteiger partial charge in [-0.3, -0.25) is 9.59 Å². The number of halogens is 2. The number of rotatable bonds is 8. The van der Waals surface area contributed by atoms with Gasteiger partial charge in [0.15, 0.2) is 0 Å². The number of Topliss-reactive ketones (excluding diaryl/α,β-unsaturated/α-hetero) is 1. The minimum atomic E-state index is -2.95. The van der Waals surface area contributed by atoms with Crippen molar-refractivity contribution in [3.63, 3.8) is 0 Å². The number of fused-ring (bicyclic) bond motifs is 1. The average Bonchev–Trinajstić information content (AvgIpc) is 3.12. The van der Waals surface area contributed by atoms with Gasteiger partial charge in [-0.25, -0.2) is 8.78 Å². The molecule has 2 aliphatic rings. The lowest BCUT2D eigenvalue weighted by Crippen LogP contribution is -2.34. The number of hydrogen-bond acceptors (Lipinski definition) is 3. The third-order valence-corrected chi connectivity index (χ3v) is 6.06. The van der Waals surface area contributed by atoms with Gasteiger partial charge in [-0.1, -0.05) is 19.1 Å². The van der Waals surface area contributed by atoms with Crippen molar-refractivity contribution >= 4 is 17.4 Å². The Labute approximate surface area is 159 Å². The summed E-state index contributed by atoms with van der Waals surface area (Å²) >= 11 is 0. The van der Waals surface area contributed by atoms with E-state index >= 15 is 0 Å². The first-order chi connectivity index (χ1) is 12.7. The standard InChI is InChI=1S/C21H28F2N2O2/c1-4-13(2)25-11-16-17(12-25)20(16)18(26)8-9-19(27)24-15-7-5-6-14(10-15)21(3,22)23/h5-7,10,13,16-17,20H,4,8-9,11-12H2,1-3H3,(H,24,27)/t13?,16-,17+,20?. The highest BCUT2D eigenvalue weighted by Gasteiger charge is 2.58. The van der Waals surface area contributed by atoms with Crippen LogP contribution in [-0.4, -0.2) is 35.7 Å². The first-order valence-electron chi connectivity index (χ1n) is 9.75. The molecule has 1 N–H and O–H groups in total. The second-order valence-electron chi connectivity index (χ2n) is 8.05. The van der Waals surface area contributed by atoms with Crippen molar-refractivity contribution in [2.75, 3.05) is 18.4 Å². The van der Waals surface area contributed by atoms with Crippen molar-refractivity contribution in [3.8, 4) is 0 Å². The molecular formula is C21H28F2N2O2. The van der Waals surface area contributed by atoms with Gasteiger partial charge in [0, 0.05) is 56.1 Å². The van der Waals surface area contributed by atoms with Crippen LogP contribution >= 0.6 is 0 Å². The highest BCUT2D eigenvalue weighted by atomic mass is 19.3. The van der Waals surface area contributed by atoms with Crippen LogP contribution in [0.5, 0.6) is 0 Å². The first-order valence-corrected chi connectivity index (χ1v) is 9.75. The van der Waals surface area contributed by atoms with Crippen LogP contribution in [0.15, 0.2) is 24.3 Å². The van der Waals surface area contributed by atoms with E-state index in [2.05, 4.69) is 24.1 Å². The zero-order valence-electron chi connectivity index (χ0n) is 16.2. The maximum absolute atomic E-state index is 13.4. The number of ketones is 1. The summed E-state index contributed by atoms with van der Waals surface area (Å²) in [6.45, 7) is 7.19. The minimum Gasteiger partial charge on any atom is -0.326 e. The molecule has 1 aromatic rings. The van der Waals surface area contributed by atoms with Crippen molar-refractivity contribution in [3.05, 3.63) is 29.8 Å². The van der Waals surface area contributed by atoms with Gasteiger partial charge in [-0.2, -0.15) is 0 Å². The Morgan fingerprint density at radius 1 is 1.26 bits per heavy atom. The number of nitrogens with one attached hydrogen (secondary N) is 1. The molecule has 4 nitrogen and oxygen atoms in total. The van der Waals surface area contributed by atoms with Crippen LogP contribution in [0.1, 0.15) is 45.6 Å². The second-order valence-corrected chi connectivity index (χ2v) is 8.05. The number of benzene rings is 1. The molecule has 27 heavy (non-hydrogen) atoms. The number of nitrogens with zero attached hydrogens (tertiary/aromatic N) is 1. The van der Waals surface area contributed by atoms with Crippen molar-refractivity contribution in [2.24, 2.45) is 17.8 Å². The van der Waals surface area contributed by atoms with Crippen LogP contribution in [0.3, 0.4) is 0 Å². The van der Waals surface area contributed by atoms with Crippen LogP contribution in [0.4, 0.5) is 14.5 Å². The normalized spacial score (nSPS) is 25.7. The fourth-order valence-electron chi connectivity index (χ4n) is 4.15. The van der Waals surface area contributed by atoms with Gasteiger partial charge in [0.2, 0.25) is 5.91 Å². The smallest absolute Gasteiger partial charge is 0.270 e. The lowest BCUT2D eigenvalue weighted by atomic mass is 10.1. The SMILES string of the molecule is CCC(C)N1C[C@@H]2C(C(=O)CCC(=O)Nc3cccc(C(C)(F)F)c3)[C@@H]2C1. The molecule has 1 saturated heterocycles. The molecule has 6 heteroatoms. The Bertz CT molecular complexity index is 704. The number of carbonyl (C=O) groups is 2. The van der Waals surface area contributed by atoms with Crippen LogP contribution < -0.4 is 5.32 Å². The molecule has 148 valence electrons. The lowest BCUT2D eigenvalue weighted by molar-refractivity contribution is -0.124. The zero-order chi connectivity index (χ0) is 19.8. The van der Waals surface area contributed by atoms with Gasteiger partial charge < -0.3 is 10.2 Å². The first kappa shape index (κ1) is 19.9. The highest BCUT2D eigenvalue weighted by Crippen LogP contribution is 2.53. The number of likely N-dealkylation sites (tertiary alicyclic amines) is 1. The summed E-state index contributed by atoms with van der Waals surface area (Å²) in [6, 6.07) is 6.22. The van der Waals surface area contributed by atoms with Crippen LogP contribution in [0.25, 0.3) is 0 Å². The van der Waals surface area contributed by atoms with E-state index < -0.39 is 5.92 Å². The molecule has 1 amide bonds. The summed E-state index contributed by atoms with van der Waals surface area (Å²) in [5.41, 5.74) is 0.187. The lowest BCUT2D eigenvalue weighted by Gasteiger charge is -2.25. The predicted octanol–water partition coefficient (Wildman–Crippen LogP) is 4.06. The average molecular weight is 378 g/mol. The minimum absolute atomic E-state index is 0.0938. The molecule has 0 aromatic heterocycles. The van der Waals surface area contributed by atoms with E-state index in [9.17, 15) is 18.4 Å². The van der Waals surface area contributed by atoms with Crippen molar-refractivity contribution in [1.29, 1.82) is 0 Å². The second kappa shape index (κ2) is 7.66. The third-order valence-electron chi connectivity index (χ3n) is 6.06. The molecule has 2 unspecified atom stereocenters. The molecule has 0 spiro atoms. The van der Waals surface area contributed by atoms with E-state index in [-0.39, 0.29) is 36.0 Å². The number of amides is 1. The molecule has 3 rings (SSSR count). The number of anilines is 1. The Morgan fingerprint density at radius 3 is 2.52 bits per heavy atom. The maximum Gasteiger partial charge on any atom is 0.270 e. The molecule has 2 fully saturated rings. The maximum atomic E-state index is 13.4. The number of carbonyl (C=O) groups excluding carboxylic acids is 2. The molecule has 0 radical (unpaired) electrons. The molecular weight excluding hydrogens is 350 g/mol. The third kappa shape index (κ3) is 4.54. The number of hydrogen-bond donors (Lipinski definition) is 1. The van der Waals surface area contributed by atoms with Gasteiger partial charge in [0.1, 0.15) is 5.78 Å². The van der Waals surface area contributed by atoms with Crippen molar-refractivity contribution < 1.29 is 18.4 Å². The Kier molecular flexibility index (Phi) is 5.65. The van der Waals surface area contributed by atoms with Crippen molar-refractivity contribution in [1.82, 2.24) is 4.90 Å². The predicted molar refractivity (Wildman–Crippen MR) is 101 cm³/mol. The Balaban J connectivity index is 1.44. The largest absolute Gasteiger partial charge is 0.326 e. The topological polar surface area (TPSA) is 49.4 Å². The van der Waals surface area contributed by atoms with Crippen LogP contribution in [0, 0.1) is 17.8 Å². The zero-order valence-corrected chi connectivity index (χ0v) is 16.2.